The van der Waals surface area contributed by atoms with Crippen LogP contribution in [0, 0.1) is 6.92 Å². The van der Waals surface area contributed by atoms with Crippen molar-refractivity contribution in [3.8, 4) is 5.88 Å². The molecule has 2 heterocycles. The smallest absolute Gasteiger partial charge is 0.213 e. The Morgan fingerprint density at radius 3 is 2.79 bits per heavy atom. The van der Waals surface area contributed by atoms with Crippen LogP contribution in [0.4, 0.5) is 5.82 Å². The number of ether oxygens (including phenoxy) is 1. The molecule has 0 fully saturated rings. The maximum absolute atomic E-state index is 5.44. The summed E-state index contributed by atoms with van der Waals surface area (Å²) < 4.78 is 5.44. The van der Waals surface area contributed by atoms with E-state index in [1.165, 1.54) is 0 Å². The molecule has 0 saturated heterocycles. The van der Waals surface area contributed by atoms with Crippen molar-refractivity contribution in [2.24, 2.45) is 0 Å². The second-order valence-electron chi connectivity index (χ2n) is 4.37. The third kappa shape index (κ3) is 4.25. The zero-order chi connectivity index (χ0) is 13.5. The quantitative estimate of drug-likeness (QED) is 0.863. The van der Waals surface area contributed by atoms with Crippen molar-refractivity contribution < 1.29 is 4.74 Å². The molecule has 0 bridgehead atoms. The van der Waals surface area contributed by atoms with Gasteiger partial charge in [-0.25, -0.2) is 9.97 Å². The summed E-state index contributed by atoms with van der Waals surface area (Å²) in [5.74, 6) is 1.56. The van der Waals surface area contributed by atoms with Gasteiger partial charge in [0.05, 0.1) is 6.61 Å². The highest BCUT2D eigenvalue weighted by Gasteiger charge is 1.98. The first-order valence-corrected chi connectivity index (χ1v) is 6.53. The number of rotatable bonds is 6. The Bertz CT molecular complexity index is 511. The average Bonchev–Trinajstić information content (AvgIpc) is 2.44. The lowest BCUT2D eigenvalue weighted by molar-refractivity contribution is 0.305. The van der Waals surface area contributed by atoms with Crippen molar-refractivity contribution in [3.63, 3.8) is 0 Å². The first-order chi connectivity index (χ1) is 9.28. The lowest BCUT2D eigenvalue weighted by atomic mass is 10.3. The SMILES string of the molecule is CCCOc1ccc(CNc2cccc(C)n2)cn1. The van der Waals surface area contributed by atoms with Gasteiger partial charge in [-0.2, -0.15) is 0 Å². The highest BCUT2D eigenvalue weighted by atomic mass is 16.5. The molecule has 0 radical (unpaired) electrons. The summed E-state index contributed by atoms with van der Waals surface area (Å²) in [7, 11) is 0. The molecule has 100 valence electrons. The summed E-state index contributed by atoms with van der Waals surface area (Å²) in [6.07, 6.45) is 2.82. The maximum atomic E-state index is 5.44. The van der Waals surface area contributed by atoms with Crippen molar-refractivity contribution in [1.29, 1.82) is 0 Å². The molecule has 0 amide bonds. The van der Waals surface area contributed by atoms with Gasteiger partial charge in [0.25, 0.3) is 0 Å². The minimum Gasteiger partial charge on any atom is -0.478 e. The summed E-state index contributed by atoms with van der Waals surface area (Å²) >= 11 is 0. The molecule has 0 saturated carbocycles. The van der Waals surface area contributed by atoms with Crippen molar-refractivity contribution in [3.05, 3.63) is 47.8 Å². The maximum Gasteiger partial charge on any atom is 0.213 e. The van der Waals surface area contributed by atoms with E-state index in [9.17, 15) is 0 Å². The molecule has 0 aliphatic heterocycles. The van der Waals surface area contributed by atoms with Crippen LogP contribution in [0.25, 0.3) is 0 Å². The number of pyridine rings is 2. The molecule has 2 rings (SSSR count). The highest BCUT2D eigenvalue weighted by Crippen LogP contribution is 2.10. The second kappa shape index (κ2) is 6.73. The van der Waals surface area contributed by atoms with Gasteiger partial charge in [0.15, 0.2) is 0 Å². The molecule has 2 aromatic rings. The Morgan fingerprint density at radius 2 is 2.11 bits per heavy atom. The fraction of sp³-hybridized carbons (Fsp3) is 0.333. The van der Waals surface area contributed by atoms with Gasteiger partial charge in [-0.05, 0) is 31.0 Å². The number of hydrogen-bond donors (Lipinski definition) is 1. The molecule has 0 atom stereocenters. The zero-order valence-corrected chi connectivity index (χ0v) is 11.4. The number of hydrogen-bond acceptors (Lipinski definition) is 4. The summed E-state index contributed by atoms with van der Waals surface area (Å²) in [5.41, 5.74) is 2.11. The van der Waals surface area contributed by atoms with E-state index in [0.717, 1.165) is 23.5 Å². The summed E-state index contributed by atoms with van der Waals surface area (Å²) in [6.45, 7) is 5.47. The predicted octanol–water partition coefficient (Wildman–Crippen LogP) is 3.19. The van der Waals surface area contributed by atoms with Gasteiger partial charge in [0.1, 0.15) is 5.82 Å². The first kappa shape index (κ1) is 13.3. The number of aromatic nitrogens is 2. The number of nitrogens with one attached hydrogen (secondary N) is 1. The molecule has 0 aliphatic rings. The topological polar surface area (TPSA) is 47.0 Å². The Balaban J connectivity index is 1.89. The fourth-order valence-corrected chi connectivity index (χ4v) is 1.64. The lowest BCUT2D eigenvalue weighted by Crippen LogP contribution is -2.03. The molecule has 2 aromatic heterocycles. The van der Waals surface area contributed by atoms with Crippen molar-refractivity contribution in [2.75, 3.05) is 11.9 Å². The van der Waals surface area contributed by atoms with Crippen LogP contribution in [0.15, 0.2) is 36.5 Å². The lowest BCUT2D eigenvalue weighted by Gasteiger charge is -2.07. The van der Waals surface area contributed by atoms with Gasteiger partial charge < -0.3 is 10.1 Å². The van der Waals surface area contributed by atoms with E-state index in [1.807, 2.05) is 43.5 Å². The third-order valence-corrected chi connectivity index (χ3v) is 2.61. The number of aryl methyl sites for hydroxylation is 1. The third-order valence-electron chi connectivity index (χ3n) is 2.61. The van der Waals surface area contributed by atoms with Gasteiger partial charge in [-0.1, -0.05) is 19.1 Å². The minimum absolute atomic E-state index is 0.680. The van der Waals surface area contributed by atoms with E-state index in [4.69, 9.17) is 4.74 Å². The van der Waals surface area contributed by atoms with Crippen LogP contribution >= 0.6 is 0 Å². The Kier molecular flexibility index (Phi) is 4.72. The van der Waals surface area contributed by atoms with Crippen LogP contribution in [0.3, 0.4) is 0 Å². The van der Waals surface area contributed by atoms with Crippen LogP contribution in [0.5, 0.6) is 5.88 Å². The fourth-order valence-electron chi connectivity index (χ4n) is 1.64. The monoisotopic (exact) mass is 257 g/mol. The van der Waals surface area contributed by atoms with Crippen LogP contribution < -0.4 is 10.1 Å². The zero-order valence-electron chi connectivity index (χ0n) is 11.4. The predicted molar refractivity (Wildman–Crippen MR) is 76.3 cm³/mol. The van der Waals surface area contributed by atoms with E-state index in [0.29, 0.717) is 19.0 Å². The Hall–Kier alpha value is -2.10. The molecule has 0 spiro atoms. The van der Waals surface area contributed by atoms with Crippen LogP contribution in [0.2, 0.25) is 0 Å². The molecule has 4 nitrogen and oxygen atoms in total. The van der Waals surface area contributed by atoms with Gasteiger partial charge >= 0.3 is 0 Å². The molecule has 1 N–H and O–H groups in total. The van der Waals surface area contributed by atoms with E-state index in [2.05, 4.69) is 22.2 Å². The molecule has 4 heteroatoms. The Morgan fingerprint density at radius 1 is 1.21 bits per heavy atom. The number of anilines is 1. The Labute approximate surface area is 113 Å². The van der Waals surface area contributed by atoms with Crippen molar-refractivity contribution in [2.45, 2.75) is 26.8 Å². The summed E-state index contributed by atoms with van der Waals surface area (Å²) in [6, 6.07) is 9.84. The summed E-state index contributed by atoms with van der Waals surface area (Å²) in [5, 5.41) is 3.27. The molecule has 0 aliphatic carbocycles. The standard InChI is InChI=1S/C15H19N3O/c1-3-9-19-15-8-7-13(11-17-15)10-16-14-6-4-5-12(2)18-14/h4-8,11H,3,9-10H2,1-2H3,(H,16,18). The largest absolute Gasteiger partial charge is 0.478 e. The van der Waals surface area contributed by atoms with Crippen molar-refractivity contribution >= 4 is 5.82 Å². The van der Waals surface area contributed by atoms with E-state index in [1.54, 1.807) is 0 Å². The molecule has 0 aromatic carbocycles. The molecule has 19 heavy (non-hydrogen) atoms. The van der Waals surface area contributed by atoms with Crippen LogP contribution in [0.1, 0.15) is 24.6 Å². The van der Waals surface area contributed by atoms with Gasteiger partial charge in [-0.3, -0.25) is 0 Å². The van der Waals surface area contributed by atoms with Crippen molar-refractivity contribution in [1.82, 2.24) is 9.97 Å². The number of nitrogens with zero attached hydrogens (tertiary/aromatic N) is 2. The van der Waals surface area contributed by atoms with Crippen LogP contribution in [-0.4, -0.2) is 16.6 Å². The normalized spacial score (nSPS) is 10.2. The second-order valence-corrected chi connectivity index (χ2v) is 4.37. The highest BCUT2D eigenvalue weighted by molar-refractivity contribution is 5.36. The van der Waals surface area contributed by atoms with E-state index in [-0.39, 0.29) is 0 Å². The summed E-state index contributed by atoms with van der Waals surface area (Å²) in [4.78, 5) is 8.65. The first-order valence-electron chi connectivity index (χ1n) is 6.53. The molecular formula is C15H19N3O. The van der Waals surface area contributed by atoms with Gasteiger partial charge in [-0.15, -0.1) is 0 Å². The average molecular weight is 257 g/mol. The minimum atomic E-state index is 0.680. The van der Waals surface area contributed by atoms with Crippen LogP contribution in [-0.2, 0) is 6.54 Å². The van der Waals surface area contributed by atoms with E-state index < -0.39 is 0 Å². The van der Waals surface area contributed by atoms with Gasteiger partial charge in [0.2, 0.25) is 5.88 Å². The molecular weight excluding hydrogens is 238 g/mol. The van der Waals surface area contributed by atoms with Gasteiger partial charge in [0, 0.05) is 24.5 Å². The van der Waals surface area contributed by atoms with E-state index >= 15 is 0 Å². The molecule has 0 unspecified atom stereocenters.